The highest BCUT2D eigenvalue weighted by atomic mass is 16.6. The van der Waals surface area contributed by atoms with Crippen LogP contribution in [-0.4, -0.2) is 57.3 Å². The first-order valence-corrected chi connectivity index (χ1v) is 6.99. The molecule has 2 amide bonds. The zero-order valence-corrected chi connectivity index (χ0v) is 12.0. The minimum Gasteiger partial charge on any atom is -0.465 e. The normalized spacial score (nSPS) is 19.7. The molecule has 23 heavy (non-hydrogen) atoms. The van der Waals surface area contributed by atoms with Gasteiger partial charge in [-0.1, -0.05) is 0 Å². The van der Waals surface area contributed by atoms with E-state index in [2.05, 4.69) is 4.98 Å². The Morgan fingerprint density at radius 2 is 2.09 bits per heavy atom. The van der Waals surface area contributed by atoms with E-state index >= 15 is 0 Å². The molecule has 0 radical (unpaired) electrons. The van der Waals surface area contributed by atoms with Crippen LogP contribution in [0.5, 0.6) is 0 Å². The van der Waals surface area contributed by atoms with E-state index in [0.29, 0.717) is 31.6 Å². The lowest BCUT2D eigenvalue weighted by Gasteiger charge is -2.35. The van der Waals surface area contributed by atoms with Gasteiger partial charge in [0.05, 0.1) is 12.2 Å². The van der Waals surface area contributed by atoms with Crippen molar-refractivity contribution in [3.05, 3.63) is 28.4 Å². The Labute approximate surface area is 130 Å². The van der Waals surface area contributed by atoms with Crippen LogP contribution >= 0.6 is 0 Å². The van der Waals surface area contributed by atoms with Crippen LogP contribution in [0.2, 0.25) is 0 Å². The van der Waals surface area contributed by atoms with Crippen LogP contribution in [0.15, 0.2) is 18.3 Å². The highest BCUT2D eigenvalue weighted by molar-refractivity contribution is 5.90. The first-order valence-electron chi connectivity index (χ1n) is 6.99. The van der Waals surface area contributed by atoms with Gasteiger partial charge in [-0.2, -0.15) is 0 Å². The third kappa shape index (κ3) is 2.74. The second-order valence-electron chi connectivity index (χ2n) is 5.54. The summed E-state index contributed by atoms with van der Waals surface area (Å²) >= 11 is 0. The van der Waals surface area contributed by atoms with Crippen molar-refractivity contribution in [3.63, 3.8) is 0 Å². The molecule has 2 fully saturated rings. The number of pyridine rings is 1. The topological polar surface area (TPSA) is 126 Å². The van der Waals surface area contributed by atoms with Crippen molar-refractivity contribution in [1.29, 1.82) is 0 Å². The largest absolute Gasteiger partial charge is 0.465 e. The molecule has 2 aliphatic heterocycles. The summed E-state index contributed by atoms with van der Waals surface area (Å²) in [5.74, 6) is -0.300. The number of aromatic nitrogens is 1. The van der Waals surface area contributed by atoms with Crippen LogP contribution in [0.1, 0.15) is 12.8 Å². The number of nitro groups is 1. The molecule has 0 aromatic carbocycles. The number of piperidine rings is 1. The molecule has 0 unspecified atom stereocenters. The van der Waals surface area contributed by atoms with Gasteiger partial charge in [0.1, 0.15) is 5.60 Å². The fourth-order valence-electron chi connectivity index (χ4n) is 2.83. The molecule has 3 rings (SSSR count). The van der Waals surface area contributed by atoms with E-state index in [1.54, 1.807) is 0 Å². The van der Waals surface area contributed by atoms with Crippen molar-refractivity contribution >= 4 is 23.7 Å². The van der Waals surface area contributed by atoms with Crippen LogP contribution in [0.3, 0.4) is 0 Å². The van der Waals surface area contributed by atoms with Crippen molar-refractivity contribution < 1.29 is 24.4 Å². The third-order valence-electron chi connectivity index (χ3n) is 4.15. The molecule has 2 saturated heterocycles. The quantitative estimate of drug-likeness (QED) is 0.645. The van der Waals surface area contributed by atoms with Crippen LogP contribution in [0, 0.1) is 10.1 Å². The van der Waals surface area contributed by atoms with Gasteiger partial charge in [-0.25, -0.2) is 9.59 Å². The van der Waals surface area contributed by atoms with E-state index in [0.717, 1.165) is 0 Å². The molecule has 0 saturated carbocycles. The Hall–Kier alpha value is -2.91. The zero-order valence-electron chi connectivity index (χ0n) is 12.0. The van der Waals surface area contributed by atoms with Crippen molar-refractivity contribution in [1.82, 2.24) is 9.88 Å². The maximum atomic E-state index is 12.1. The van der Waals surface area contributed by atoms with E-state index in [9.17, 15) is 19.7 Å². The minimum absolute atomic E-state index is 0.277. The Morgan fingerprint density at radius 1 is 1.39 bits per heavy atom. The molecule has 2 aliphatic rings. The van der Waals surface area contributed by atoms with Gasteiger partial charge in [0.2, 0.25) is 0 Å². The van der Waals surface area contributed by atoms with Gasteiger partial charge in [0.25, 0.3) is 0 Å². The number of anilines is 1. The molecule has 10 heteroatoms. The first kappa shape index (κ1) is 15.0. The number of hydrogen-bond donors (Lipinski definition) is 1. The number of carboxylic acid groups (broad SMARTS) is 1. The average Bonchev–Trinajstić information content (AvgIpc) is 2.84. The molecule has 1 aromatic rings. The van der Waals surface area contributed by atoms with E-state index < -0.39 is 22.7 Å². The smallest absolute Gasteiger partial charge is 0.415 e. The fourth-order valence-corrected chi connectivity index (χ4v) is 2.83. The maximum absolute atomic E-state index is 12.1. The monoisotopic (exact) mass is 322 g/mol. The van der Waals surface area contributed by atoms with Crippen molar-refractivity contribution in [3.8, 4) is 0 Å². The van der Waals surface area contributed by atoms with Crippen LogP contribution in [0.4, 0.5) is 21.1 Å². The van der Waals surface area contributed by atoms with E-state index in [1.807, 2.05) is 0 Å². The molecule has 1 spiro atoms. The third-order valence-corrected chi connectivity index (χ3v) is 4.15. The van der Waals surface area contributed by atoms with Gasteiger partial charge in [0, 0.05) is 32.0 Å². The molecule has 0 atom stereocenters. The molecule has 0 bridgehead atoms. The SMILES string of the molecule is O=C(O)N1CCC2(CC1)CN(c1ccc([N+](=O)[O-])nc1)C(=O)O2. The van der Waals surface area contributed by atoms with Crippen LogP contribution < -0.4 is 4.90 Å². The Kier molecular flexibility index (Phi) is 3.51. The fraction of sp³-hybridized carbons (Fsp3) is 0.462. The molecule has 3 heterocycles. The lowest BCUT2D eigenvalue weighted by atomic mass is 9.91. The number of likely N-dealkylation sites (tertiary alicyclic amines) is 1. The molecule has 1 N–H and O–H groups in total. The van der Waals surface area contributed by atoms with Crippen LogP contribution in [-0.2, 0) is 4.74 Å². The average molecular weight is 322 g/mol. The lowest BCUT2D eigenvalue weighted by molar-refractivity contribution is -0.389. The van der Waals surface area contributed by atoms with E-state index in [1.165, 1.54) is 28.1 Å². The molecule has 1 aromatic heterocycles. The molecule has 10 nitrogen and oxygen atoms in total. The van der Waals surface area contributed by atoms with Gasteiger partial charge in [-0.05, 0) is 16.0 Å². The number of carbonyl (C=O) groups excluding carboxylic acids is 1. The zero-order chi connectivity index (χ0) is 16.6. The first-order chi connectivity index (χ1) is 10.9. The summed E-state index contributed by atoms with van der Waals surface area (Å²) in [6, 6.07) is 2.67. The number of amides is 2. The van der Waals surface area contributed by atoms with Crippen molar-refractivity contribution in [2.75, 3.05) is 24.5 Å². The van der Waals surface area contributed by atoms with E-state index in [4.69, 9.17) is 9.84 Å². The summed E-state index contributed by atoms with van der Waals surface area (Å²) in [6.07, 6.45) is 0.555. The van der Waals surface area contributed by atoms with Crippen molar-refractivity contribution in [2.45, 2.75) is 18.4 Å². The molecule has 122 valence electrons. The number of ether oxygens (including phenoxy) is 1. The Balaban J connectivity index is 1.73. The summed E-state index contributed by atoms with van der Waals surface area (Å²) in [7, 11) is 0. The number of hydrogen-bond acceptors (Lipinski definition) is 6. The maximum Gasteiger partial charge on any atom is 0.415 e. The predicted octanol–water partition coefficient (Wildman–Crippen LogP) is 1.46. The minimum atomic E-state index is -0.986. The standard InChI is InChI=1S/C13H14N4O6/c18-11(19)15-5-3-13(4-6-15)8-16(12(20)23-13)9-1-2-10(14-7-9)17(21)22/h1-2,7H,3-6,8H2,(H,18,19). The predicted molar refractivity (Wildman–Crippen MR) is 76.3 cm³/mol. The van der Waals surface area contributed by atoms with Gasteiger partial charge < -0.3 is 24.9 Å². The van der Waals surface area contributed by atoms with Crippen molar-refractivity contribution in [2.24, 2.45) is 0 Å². The van der Waals surface area contributed by atoms with Gasteiger partial charge in [-0.15, -0.1) is 0 Å². The van der Waals surface area contributed by atoms with Gasteiger partial charge >= 0.3 is 18.0 Å². The summed E-state index contributed by atoms with van der Waals surface area (Å²) in [5, 5.41) is 19.6. The second kappa shape index (κ2) is 5.38. The number of rotatable bonds is 2. The molecular weight excluding hydrogens is 308 g/mol. The van der Waals surface area contributed by atoms with Gasteiger partial charge in [-0.3, -0.25) is 4.90 Å². The Bertz CT molecular complexity index is 653. The summed E-state index contributed by atoms with van der Waals surface area (Å²) in [4.78, 5) is 39.4. The van der Waals surface area contributed by atoms with Gasteiger partial charge in [0.15, 0.2) is 6.20 Å². The summed E-state index contributed by atoms with van der Waals surface area (Å²) in [5.41, 5.74) is -0.303. The second-order valence-corrected chi connectivity index (χ2v) is 5.54. The number of nitrogens with zero attached hydrogens (tertiary/aromatic N) is 4. The van der Waals surface area contributed by atoms with Crippen LogP contribution in [0.25, 0.3) is 0 Å². The molecule has 0 aliphatic carbocycles. The molecular formula is C13H14N4O6. The number of carbonyl (C=O) groups is 2. The summed E-state index contributed by atoms with van der Waals surface area (Å²) in [6.45, 7) is 0.878. The lowest BCUT2D eigenvalue weighted by Crippen LogP contribution is -2.48. The highest BCUT2D eigenvalue weighted by Crippen LogP contribution is 2.35. The Morgan fingerprint density at radius 3 is 2.61 bits per heavy atom. The summed E-state index contributed by atoms with van der Waals surface area (Å²) < 4.78 is 5.47. The highest BCUT2D eigenvalue weighted by Gasteiger charge is 2.48. The van der Waals surface area contributed by atoms with E-state index in [-0.39, 0.29) is 12.4 Å².